The summed E-state index contributed by atoms with van der Waals surface area (Å²) in [5.74, 6) is -0.0554. The molecule has 0 atom stereocenters. The van der Waals surface area contributed by atoms with Crippen molar-refractivity contribution in [2.75, 3.05) is 0 Å². The number of oxime groups is 1. The zero-order valence-electron chi connectivity index (χ0n) is 12.2. The van der Waals surface area contributed by atoms with Crippen LogP contribution in [0, 0.1) is 0 Å². The minimum Gasteiger partial charge on any atom is -0.508 e. The fourth-order valence-corrected chi connectivity index (χ4v) is 2.25. The molecule has 0 fully saturated rings. The minimum absolute atomic E-state index is 0.000496. The summed E-state index contributed by atoms with van der Waals surface area (Å²) in [5.41, 5.74) is 0.951. The van der Waals surface area contributed by atoms with E-state index in [2.05, 4.69) is 12.1 Å². The number of unbranched alkanes of at least 4 members (excludes halogenated alkanes) is 6. The molecule has 20 heavy (non-hydrogen) atoms. The van der Waals surface area contributed by atoms with Crippen molar-refractivity contribution in [3.8, 4) is 11.5 Å². The lowest BCUT2D eigenvalue weighted by Gasteiger charge is -2.07. The average molecular weight is 279 g/mol. The molecule has 0 bridgehead atoms. The Labute approximate surface area is 120 Å². The Kier molecular flexibility index (Phi) is 7.55. The van der Waals surface area contributed by atoms with E-state index in [1.165, 1.54) is 44.2 Å². The first kappa shape index (κ1) is 16.3. The molecule has 112 valence electrons. The van der Waals surface area contributed by atoms with E-state index in [0.717, 1.165) is 12.8 Å². The number of nitrogens with zero attached hydrogens (tertiary/aromatic N) is 1. The summed E-state index contributed by atoms with van der Waals surface area (Å²) < 4.78 is 0. The van der Waals surface area contributed by atoms with Gasteiger partial charge in [0.15, 0.2) is 0 Å². The van der Waals surface area contributed by atoms with Crippen LogP contribution in [0.15, 0.2) is 23.4 Å². The van der Waals surface area contributed by atoms with Gasteiger partial charge in [0.2, 0.25) is 0 Å². The van der Waals surface area contributed by atoms with Gasteiger partial charge in [-0.25, -0.2) is 0 Å². The summed E-state index contributed by atoms with van der Waals surface area (Å²) in [6.45, 7) is 2.20. The number of hydrogen-bond donors (Lipinski definition) is 3. The van der Waals surface area contributed by atoms with E-state index in [0.29, 0.717) is 17.7 Å². The van der Waals surface area contributed by atoms with Crippen LogP contribution in [0.2, 0.25) is 0 Å². The Morgan fingerprint density at radius 2 is 1.65 bits per heavy atom. The van der Waals surface area contributed by atoms with Crippen molar-refractivity contribution in [3.05, 3.63) is 23.8 Å². The Morgan fingerprint density at radius 1 is 1.00 bits per heavy atom. The average Bonchev–Trinajstić information content (AvgIpc) is 2.43. The van der Waals surface area contributed by atoms with Crippen molar-refractivity contribution in [1.29, 1.82) is 0 Å². The number of phenolic OH excluding ortho intramolecular Hbond substituents is 2. The highest BCUT2D eigenvalue weighted by molar-refractivity contribution is 6.02. The molecule has 0 radical (unpaired) electrons. The van der Waals surface area contributed by atoms with Gasteiger partial charge in [-0.1, -0.05) is 50.6 Å². The zero-order valence-corrected chi connectivity index (χ0v) is 12.2. The lowest BCUT2D eigenvalue weighted by atomic mass is 10.0. The molecule has 1 aromatic carbocycles. The summed E-state index contributed by atoms with van der Waals surface area (Å²) in [6.07, 6.45) is 8.95. The first-order chi connectivity index (χ1) is 9.69. The second-order valence-corrected chi connectivity index (χ2v) is 5.12. The van der Waals surface area contributed by atoms with Gasteiger partial charge in [0, 0.05) is 11.6 Å². The first-order valence-electron chi connectivity index (χ1n) is 7.42. The third kappa shape index (κ3) is 5.51. The van der Waals surface area contributed by atoms with Crippen molar-refractivity contribution in [2.45, 2.75) is 58.3 Å². The molecule has 0 aromatic heterocycles. The maximum absolute atomic E-state index is 9.74. The fourth-order valence-electron chi connectivity index (χ4n) is 2.25. The Balaban J connectivity index is 2.37. The van der Waals surface area contributed by atoms with Crippen LogP contribution in [0.1, 0.15) is 63.9 Å². The van der Waals surface area contributed by atoms with E-state index in [1.807, 2.05) is 0 Å². The van der Waals surface area contributed by atoms with Crippen molar-refractivity contribution >= 4 is 5.71 Å². The SMILES string of the molecule is CCCCCCCCC/C(=N\O)c1ccc(O)cc1O. The topological polar surface area (TPSA) is 73.1 Å². The summed E-state index contributed by atoms with van der Waals surface area (Å²) in [6, 6.07) is 4.30. The second kappa shape index (κ2) is 9.23. The predicted molar refractivity (Wildman–Crippen MR) is 80.7 cm³/mol. The largest absolute Gasteiger partial charge is 0.508 e. The van der Waals surface area contributed by atoms with Crippen LogP contribution in [-0.4, -0.2) is 21.1 Å². The molecule has 0 aliphatic carbocycles. The van der Waals surface area contributed by atoms with Gasteiger partial charge in [-0.2, -0.15) is 0 Å². The summed E-state index contributed by atoms with van der Waals surface area (Å²) in [4.78, 5) is 0. The first-order valence-corrected chi connectivity index (χ1v) is 7.42. The highest BCUT2D eigenvalue weighted by atomic mass is 16.4. The number of benzene rings is 1. The van der Waals surface area contributed by atoms with Crippen LogP contribution in [0.4, 0.5) is 0 Å². The van der Waals surface area contributed by atoms with Gasteiger partial charge in [0.05, 0.1) is 5.71 Å². The van der Waals surface area contributed by atoms with Crippen LogP contribution < -0.4 is 0 Å². The quantitative estimate of drug-likeness (QED) is 0.271. The van der Waals surface area contributed by atoms with E-state index in [9.17, 15) is 10.2 Å². The van der Waals surface area contributed by atoms with Crippen molar-refractivity contribution in [1.82, 2.24) is 0 Å². The third-order valence-corrected chi connectivity index (χ3v) is 3.43. The van der Waals surface area contributed by atoms with Gasteiger partial charge in [-0.15, -0.1) is 0 Å². The van der Waals surface area contributed by atoms with Crippen LogP contribution in [0.5, 0.6) is 11.5 Å². The molecule has 1 rings (SSSR count). The molecule has 0 spiro atoms. The number of hydrogen-bond acceptors (Lipinski definition) is 4. The van der Waals surface area contributed by atoms with E-state index in [1.54, 1.807) is 6.07 Å². The molecule has 0 unspecified atom stereocenters. The lowest BCUT2D eigenvalue weighted by Crippen LogP contribution is -2.01. The molecular weight excluding hydrogens is 254 g/mol. The molecule has 0 aliphatic rings. The van der Waals surface area contributed by atoms with Gasteiger partial charge in [-0.3, -0.25) is 0 Å². The Bertz CT molecular complexity index is 430. The van der Waals surface area contributed by atoms with Gasteiger partial charge in [0.25, 0.3) is 0 Å². The Morgan fingerprint density at radius 3 is 2.25 bits per heavy atom. The summed E-state index contributed by atoms with van der Waals surface area (Å²) in [5, 5.41) is 31.3. The van der Waals surface area contributed by atoms with E-state index in [4.69, 9.17) is 5.21 Å². The van der Waals surface area contributed by atoms with E-state index < -0.39 is 0 Å². The van der Waals surface area contributed by atoms with Gasteiger partial charge >= 0.3 is 0 Å². The molecule has 4 heteroatoms. The molecule has 1 aromatic rings. The summed E-state index contributed by atoms with van der Waals surface area (Å²) >= 11 is 0. The van der Waals surface area contributed by atoms with Crippen molar-refractivity contribution in [2.24, 2.45) is 5.16 Å². The van der Waals surface area contributed by atoms with Gasteiger partial charge in [-0.05, 0) is 25.0 Å². The van der Waals surface area contributed by atoms with Crippen LogP contribution in [-0.2, 0) is 0 Å². The van der Waals surface area contributed by atoms with Crippen LogP contribution in [0.3, 0.4) is 0 Å². The van der Waals surface area contributed by atoms with Gasteiger partial charge in [0.1, 0.15) is 11.5 Å². The maximum atomic E-state index is 9.74. The normalized spacial score (nSPS) is 11.8. The number of rotatable bonds is 9. The van der Waals surface area contributed by atoms with Gasteiger partial charge < -0.3 is 15.4 Å². The highest BCUT2D eigenvalue weighted by Crippen LogP contribution is 2.25. The second-order valence-electron chi connectivity index (χ2n) is 5.12. The monoisotopic (exact) mass is 279 g/mol. The van der Waals surface area contributed by atoms with E-state index in [-0.39, 0.29) is 11.5 Å². The third-order valence-electron chi connectivity index (χ3n) is 3.43. The molecule has 4 nitrogen and oxygen atoms in total. The standard InChI is InChI=1S/C16H25NO3/c1-2-3-4-5-6-7-8-9-15(17-20)14-11-10-13(18)12-16(14)19/h10-12,18-20H,2-9H2,1H3/b17-15+. The molecule has 0 saturated heterocycles. The summed E-state index contributed by atoms with van der Waals surface area (Å²) in [7, 11) is 0. The zero-order chi connectivity index (χ0) is 14.8. The molecule has 0 aliphatic heterocycles. The maximum Gasteiger partial charge on any atom is 0.128 e. The highest BCUT2D eigenvalue weighted by Gasteiger charge is 2.10. The van der Waals surface area contributed by atoms with Crippen LogP contribution in [0.25, 0.3) is 0 Å². The molecule has 0 amide bonds. The predicted octanol–water partition coefficient (Wildman–Crippen LogP) is 4.42. The smallest absolute Gasteiger partial charge is 0.128 e. The fraction of sp³-hybridized carbons (Fsp3) is 0.562. The molecule has 0 saturated carbocycles. The van der Waals surface area contributed by atoms with E-state index >= 15 is 0 Å². The number of aromatic hydroxyl groups is 2. The minimum atomic E-state index is -0.0549. The molecule has 0 heterocycles. The lowest BCUT2D eigenvalue weighted by molar-refractivity contribution is 0.317. The molecule has 3 N–H and O–H groups in total. The molecular formula is C16H25NO3. The van der Waals surface area contributed by atoms with Crippen molar-refractivity contribution in [3.63, 3.8) is 0 Å². The number of phenols is 2. The van der Waals surface area contributed by atoms with Crippen molar-refractivity contribution < 1.29 is 15.4 Å². The van der Waals surface area contributed by atoms with Crippen LogP contribution >= 0.6 is 0 Å². The Hall–Kier alpha value is -1.71.